The van der Waals surface area contributed by atoms with E-state index in [1.54, 1.807) is 0 Å². The van der Waals surface area contributed by atoms with Crippen molar-refractivity contribution >= 4 is 0 Å². The molecule has 0 aliphatic heterocycles. The van der Waals surface area contributed by atoms with Crippen LogP contribution in [0.2, 0.25) is 0 Å². The van der Waals surface area contributed by atoms with Gasteiger partial charge in [0.2, 0.25) is 0 Å². The molecular weight excluding hydrogens is 384 g/mol. The monoisotopic (exact) mass is 449 g/mol. The summed E-state index contributed by atoms with van der Waals surface area (Å²) in [5.41, 5.74) is 0. The third kappa shape index (κ3) is 27.8. The molecule has 32 heavy (non-hydrogen) atoms. The fraction of sp³-hybridized carbons (Fsp3) is 0.938. The molecule has 1 atom stereocenters. The molecule has 0 heteroatoms. The second-order valence-corrected chi connectivity index (χ2v) is 10.9. The highest BCUT2D eigenvalue weighted by Gasteiger charge is 2.02. The molecular formula is C32H64. The summed E-state index contributed by atoms with van der Waals surface area (Å²) in [4.78, 5) is 0. The molecule has 0 aliphatic rings. The van der Waals surface area contributed by atoms with Gasteiger partial charge in [0.25, 0.3) is 0 Å². The van der Waals surface area contributed by atoms with Gasteiger partial charge in [0.05, 0.1) is 0 Å². The number of hydrogen-bond acceptors (Lipinski definition) is 0. The van der Waals surface area contributed by atoms with Gasteiger partial charge in [-0.15, -0.1) is 6.58 Å². The van der Waals surface area contributed by atoms with Gasteiger partial charge in [-0.1, -0.05) is 180 Å². The van der Waals surface area contributed by atoms with Crippen LogP contribution in [0.25, 0.3) is 0 Å². The standard InChI is InChI=1S/C32H64/c1-4-6-8-10-12-14-16-17-18-19-20-21-23-25-27-29-31-32(3)30-28-26-24-22-15-13-11-9-7-5-2/h5,32H,2,4,6-31H2,1,3H3. The van der Waals surface area contributed by atoms with Crippen molar-refractivity contribution in [1.82, 2.24) is 0 Å². The van der Waals surface area contributed by atoms with Crippen molar-refractivity contribution in [2.45, 2.75) is 187 Å². The topological polar surface area (TPSA) is 0 Å². The summed E-state index contributed by atoms with van der Waals surface area (Å²) in [6.45, 7) is 8.60. The number of unbranched alkanes of at least 4 members (excludes halogenated alkanes) is 23. The Kier molecular flexibility index (Phi) is 28.5. The fourth-order valence-corrected chi connectivity index (χ4v) is 5.03. The van der Waals surface area contributed by atoms with E-state index >= 15 is 0 Å². The lowest BCUT2D eigenvalue weighted by atomic mass is 9.95. The summed E-state index contributed by atoms with van der Waals surface area (Å²) in [6.07, 6.45) is 41.3. The predicted octanol–water partition coefficient (Wildman–Crippen LogP) is 12.4. The maximum absolute atomic E-state index is 3.80. The first-order valence-electron chi connectivity index (χ1n) is 15.4. The zero-order valence-corrected chi connectivity index (χ0v) is 23.0. The van der Waals surface area contributed by atoms with Crippen molar-refractivity contribution in [3.8, 4) is 0 Å². The van der Waals surface area contributed by atoms with E-state index in [0.29, 0.717) is 0 Å². The first-order valence-corrected chi connectivity index (χ1v) is 15.4. The molecule has 0 rings (SSSR count). The second-order valence-electron chi connectivity index (χ2n) is 10.9. The molecule has 0 bridgehead atoms. The molecule has 0 aromatic heterocycles. The van der Waals surface area contributed by atoms with Gasteiger partial charge in [-0.25, -0.2) is 0 Å². The van der Waals surface area contributed by atoms with Crippen molar-refractivity contribution < 1.29 is 0 Å². The van der Waals surface area contributed by atoms with E-state index in [-0.39, 0.29) is 0 Å². The van der Waals surface area contributed by atoms with Gasteiger partial charge < -0.3 is 0 Å². The molecule has 192 valence electrons. The van der Waals surface area contributed by atoms with Gasteiger partial charge in [0.1, 0.15) is 0 Å². The van der Waals surface area contributed by atoms with E-state index in [2.05, 4.69) is 26.5 Å². The number of hydrogen-bond donors (Lipinski definition) is 0. The molecule has 0 fully saturated rings. The van der Waals surface area contributed by atoms with Crippen LogP contribution in [0.4, 0.5) is 0 Å². The van der Waals surface area contributed by atoms with Gasteiger partial charge in [-0.2, -0.15) is 0 Å². The van der Waals surface area contributed by atoms with Gasteiger partial charge >= 0.3 is 0 Å². The predicted molar refractivity (Wildman–Crippen MR) is 150 cm³/mol. The third-order valence-electron chi connectivity index (χ3n) is 7.41. The molecule has 0 saturated carbocycles. The quantitative estimate of drug-likeness (QED) is 0.0824. The van der Waals surface area contributed by atoms with Crippen LogP contribution in [0.5, 0.6) is 0 Å². The first kappa shape index (κ1) is 31.7. The lowest BCUT2D eigenvalue weighted by Gasteiger charge is -2.11. The highest BCUT2D eigenvalue weighted by atomic mass is 14.1. The average molecular weight is 449 g/mol. The van der Waals surface area contributed by atoms with E-state index < -0.39 is 0 Å². The van der Waals surface area contributed by atoms with Crippen LogP contribution in [0.3, 0.4) is 0 Å². The second kappa shape index (κ2) is 28.8. The van der Waals surface area contributed by atoms with Crippen LogP contribution in [-0.2, 0) is 0 Å². The first-order chi connectivity index (χ1) is 15.8. The van der Waals surface area contributed by atoms with Gasteiger partial charge in [-0.05, 0) is 18.8 Å². The summed E-state index contributed by atoms with van der Waals surface area (Å²) >= 11 is 0. The van der Waals surface area contributed by atoms with Crippen molar-refractivity contribution in [3.63, 3.8) is 0 Å². The Balaban J connectivity index is 3.13. The Labute approximate surface area is 205 Å². The molecule has 0 amide bonds. The maximum Gasteiger partial charge on any atom is -0.0353 e. The molecule has 0 saturated heterocycles. The Hall–Kier alpha value is -0.260. The Morgan fingerprint density at radius 2 is 0.719 bits per heavy atom. The molecule has 0 N–H and O–H groups in total. The third-order valence-corrected chi connectivity index (χ3v) is 7.41. The lowest BCUT2D eigenvalue weighted by Crippen LogP contribution is -1.95. The molecule has 1 unspecified atom stereocenters. The Morgan fingerprint density at radius 3 is 1.03 bits per heavy atom. The fourth-order valence-electron chi connectivity index (χ4n) is 5.03. The Bertz CT molecular complexity index is 331. The lowest BCUT2D eigenvalue weighted by molar-refractivity contribution is 0.430. The van der Waals surface area contributed by atoms with Gasteiger partial charge in [0, 0.05) is 0 Å². The van der Waals surface area contributed by atoms with E-state index in [9.17, 15) is 0 Å². The molecule has 0 radical (unpaired) electrons. The molecule has 0 nitrogen and oxygen atoms in total. The smallest absolute Gasteiger partial charge is 0.0353 e. The molecule has 0 aliphatic carbocycles. The molecule has 0 heterocycles. The van der Waals surface area contributed by atoms with Crippen LogP contribution in [0.15, 0.2) is 12.7 Å². The van der Waals surface area contributed by atoms with Crippen LogP contribution in [0.1, 0.15) is 187 Å². The van der Waals surface area contributed by atoms with Crippen LogP contribution < -0.4 is 0 Å². The molecule has 0 aromatic rings. The summed E-state index contributed by atoms with van der Waals surface area (Å²) in [6, 6.07) is 0. The van der Waals surface area contributed by atoms with E-state index in [1.807, 2.05) is 0 Å². The van der Waals surface area contributed by atoms with Crippen molar-refractivity contribution in [2.24, 2.45) is 5.92 Å². The molecule has 0 spiro atoms. The Morgan fingerprint density at radius 1 is 0.438 bits per heavy atom. The number of allylic oxidation sites excluding steroid dienone is 1. The van der Waals surface area contributed by atoms with Crippen LogP contribution in [0, 0.1) is 5.92 Å². The average Bonchev–Trinajstić information content (AvgIpc) is 2.80. The number of rotatable bonds is 28. The maximum atomic E-state index is 3.80. The zero-order chi connectivity index (χ0) is 23.4. The van der Waals surface area contributed by atoms with Crippen molar-refractivity contribution in [2.75, 3.05) is 0 Å². The molecule has 0 aromatic carbocycles. The van der Waals surface area contributed by atoms with E-state index in [4.69, 9.17) is 0 Å². The van der Waals surface area contributed by atoms with Crippen LogP contribution >= 0.6 is 0 Å². The normalized spacial score (nSPS) is 12.3. The van der Waals surface area contributed by atoms with Gasteiger partial charge in [-0.3, -0.25) is 0 Å². The van der Waals surface area contributed by atoms with Crippen molar-refractivity contribution in [3.05, 3.63) is 12.7 Å². The largest absolute Gasteiger partial charge is 0.103 e. The SMILES string of the molecule is C=CCCCCCCCCCCC(C)CCCCCCCCCCCCCCCCCC. The zero-order valence-electron chi connectivity index (χ0n) is 23.0. The van der Waals surface area contributed by atoms with Gasteiger partial charge in [0.15, 0.2) is 0 Å². The minimum absolute atomic E-state index is 0.959. The minimum atomic E-state index is 0.959. The van der Waals surface area contributed by atoms with Crippen molar-refractivity contribution in [1.29, 1.82) is 0 Å². The summed E-state index contributed by atoms with van der Waals surface area (Å²) in [5, 5.41) is 0. The minimum Gasteiger partial charge on any atom is -0.103 e. The van der Waals surface area contributed by atoms with E-state index in [0.717, 1.165) is 5.92 Å². The van der Waals surface area contributed by atoms with E-state index in [1.165, 1.54) is 173 Å². The highest BCUT2D eigenvalue weighted by molar-refractivity contribution is 4.65. The summed E-state index contributed by atoms with van der Waals surface area (Å²) in [7, 11) is 0. The van der Waals surface area contributed by atoms with Crippen LogP contribution in [-0.4, -0.2) is 0 Å². The summed E-state index contributed by atoms with van der Waals surface area (Å²) < 4.78 is 0. The highest BCUT2D eigenvalue weighted by Crippen LogP contribution is 2.19. The summed E-state index contributed by atoms with van der Waals surface area (Å²) in [5.74, 6) is 0.959.